The van der Waals surface area contributed by atoms with Gasteiger partial charge >= 0.3 is 6.18 Å². The van der Waals surface area contributed by atoms with Gasteiger partial charge in [-0.3, -0.25) is 4.98 Å². The van der Waals surface area contributed by atoms with Crippen molar-refractivity contribution in [3.05, 3.63) is 96.4 Å². The third-order valence-corrected chi connectivity index (χ3v) is 7.85. The first-order valence-electron chi connectivity index (χ1n) is 14.4. The first kappa shape index (κ1) is 29.5. The predicted molar refractivity (Wildman–Crippen MR) is 162 cm³/mol. The number of aromatic nitrogens is 3. The molecule has 220 valence electrons. The SMILES string of the molecule is CC(C)CCN1CC[C@@H](N(Cc2ccc(N(C)c3ccncc3)cc2)c2nccc(-c3ccc(C(F)(F)F)cc3)n2)C1. The van der Waals surface area contributed by atoms with E-state index in [1.807, 2.05) is 19.2 Å². The maximum atomic E-state index is 13.1. The average Bonchev–Trinajstić information content (AvgIpc) is 3.48. The van der Waals surface area contributed by atoms with Gasteiger partial charge < -0.3 is 14.7 Å². The molecule has 1 aliphatic rings. The Labute approximate surface area is 245 Å². The van der Waals surface area contributed by atoms with Gasteiger partial charge in [-0.25, -0.2) is 9.97 Å². The first-order valence-corrected chi connectivity index (χ1v) is 14.4. The smallest absolute Gasteiger partial charge is 0.345 e. The van der Waals surface area contributed by atoms with Gasteiger partial charge in [-0.15, -0.1) is 0 Å². The van der Waals surface area contributed by atoms with E-state index in [9.17, 15) is 13.2 Å². The summed E-state index contributed by atoms with van der Waals surface area (Å²) in [4.78, 5) is 20.5. The van der Waals surface area contributed by atoms with Crippen LogP contribution in [-0.2, 0) is 12.7 Å². The number of alkyl halides is 3. The van der Waals surface area contributed by atoms with E-state index in [-0.39, 0.29) is 6.04 Å². The molecule has 2 aromatic carbocycles. The molecule has 2 aromatic heterocycles. The molecule has 42 heavy (non-hydrogen) atoms. The Morgan fingerprint density at radius 1 is 0.905 bits per heavy atom. The Hall–Kier alpha value is -3.98. The summed E-state index contributed by atoms with van der Waals surface area (Å²) in [7, 11) is 2.03. The van der Waals surface area contributed by atoms with Crippen molar-refractivity contribution in [2.24, 2.45) is 5.92 Å². The Kier molecular flexibility index (Phi) is 9.06. The second kappa shape index (κ2) is 12.9. The summed E-state index contributed by atoms with van der Waals surface area (Å²) < 4.78 is 39.3. The number of hydrogen-bond donors (Lipinski definition) is 0. The van der Waals surface area contributed by atoms with Crippen LogP contribution < -0.4 is 9.80 Å². The van der Waals surface area contributed by atoms with Gasteiger partial charge in [0.1, 0.15) is 0 Å². The van der Waals surface area contributed by atoms with Gasteiger partial charge in [-0.1, -0.05) is 38.1 Å². The summed E-state index contributed by atoms with van der Waals surface area (Å²) in [5.74, 6) is 1.23. The Morgan fingerprint density at radius 3 is 2.26 bits per heavy atom. The molecule has 4 aromatic rings. The van der Waals surface area contributed by atoms with Gasteiger partial charge in [0.15, 0.2) is 0 Å². The van der Waals surface area contributed by atoms with Crippen molar-refractivity contribution in [3.8, 4) is 11.3 Å². The van der Waals surface area contributed by atoms with E-state index in [2.05, 4.69) is 62.8 Å². The molecule has 0 unspecified atom stereocenters. The number of nitrogens with zero attached hydrogens (tertiary/aromatic N) is 6. The molecule has 0 saturated carbocycles. The predicted octanol–water partition coefficient (Wildman–Crippen LogP) is 7.45. The monoisotopic (exact) mass is 574 g/mol. The van der Waals surface area contributed by atoms with Gasteiger partial charge in [-0.2, -0.15) is 13.2 Å². The lowest BCUT2D eigenvalue weighted by Crippen LogP contribution is -2.38. The van der Waals surface area contributed by atoms with Crippen molar-refractivity contribution in [1.29, 1.82) is 0 Å². The van der Waals surface area contributed by atoms with E-state index >= 15 is 0 Å². The van der Waals surface area contributed by atoms with Crippen molar-refractivity contribution in [3.63, 3.8) is 0 Å². The number of anilines is 3. The summed E-state index contributed by atoms with van der Waals surface area (Å²) in [5.41, 5.74) is 3.81. The molecule has 1 fully saturated rings. The highest BCUT2D eigenvalue weighted by Gasteiger charge is 2.31. The molecule has 0 amide bonds. The fourth-order valence-electron chi connectivity index (χ4n) is 5.29. The number of hydrogen-bond acceptors (Lipinski definition) is 6. The van der Waals surface area contributed by atoms with E-state index in [1.165, 1.54) is 12.1 Å². The molecule has 1 saturated heterocycles. The normalized spacial score (nSPS) is 15.7. The fourth-order valence-corrected chi connectivity index (χ4v) is 5.29. The van der Waals surface area contributed by atoms with E-state index in [4.69, 9.17) is 4.98 Å². The molecule has 0 radical (unpaired) electrons. The van der Waals surface area contributed by atoms with Gasteiger partial charge in [0.25, 0.3) is 0 Å². The molecular formula is C33H37F3N6. The number of benzene rings is 2. The zero-order valence-corrected chi connectivity index (χ0v) is 24.3. The quantitative estimate of drug-likeness (QED) is 0.196. The largest absolute Gasteiger partial charge is 0.416 e. The molecule has 6 nitrogen and oxygen atoms in total. The van der Waals surface area contributed by atoms with Gasteiger partial charge in [-0.05, 0) is 73.3 Å². The molecule has 1 atom stereocenters. The highest BCUT2D eigenvalue weighted by Crippen LogP contribution is 2.32. The molecule has 1 aliphatic heterocycles. The Balaban J connectivity index is 1.39. The Morgan fingerprint density at radius 2 is 1.60 bits per heavy atom. The van der Waals surface area contributed by atoms with Gasteiger partial charge in [0.05, 0.1) is 11.3 Å². The van der Waals surface area contributed by atoms with Crippen molar-refractivity contribution in [2.75, 3.05) is 36.5 Å². The fraction of sp³-hybridized carbons (Fsp3) is 0.364. The van der Waals surface area contributed by atoms with Crippen LogP contribution in [0, 0.1) is 5.92 Å². The number of rotatable bonds is 10. The van der Waals surface area contributed by atoms with Crippen LogP contribution >= 0.6 is 0 Å². The van der Waals surface area contributed by atoms with Gasteiger partial charge in [0, 0.05) is 68.3 Å². The number of likely N-dealkylation sites (tertiary alicyclic amines) is 1. The molecule has 9 heteroatoms. The standard InChI is InChI=1S/C33H37F3N6/c1-24(2)15-20-41-21-16-30(23-41)42(22-25-4-10-28(11-5-25)40(3)29-12-17-37-18-13-29)32-38-19-14-31(39-32)26-6-8-27(9-7-26)33(34,35)36/h4-14,17-19,24,30H,15-16,20-23H2,1-3H3/t30-/m1/s1. The van der Waals surface area contributed by atoms with Crippen LogP contribution in [0.3, 0.4) is 0 Å². The second-order valence-electron chi connectivity index (χ2n) is 11.3. The van der Waals surface area contributed by atoms with E-state index in [0.29, 0.717) is 29.7 Å². The zero-order chi connectivity index (χ0) is 29.7. The summed E-state index contributed by atoms with van der Waals surface area (Å²) in [6.45, 7) is 8.11. The van der Waals surface area contributed by atoms with Crippen molar-refractivity contribution < 1.29 is 13.2 Å². The summed E-state index contributed by atoms with van der Waals surface area (Å²) >= 11 is 0. The Bertz CT molecular complexity index is 1430. The lowest BCUT2D eigenvalue weighted by Gasteiger charge is -2.30. The third kappa shape index (κ3) is 7.26. The van der Waals surface area contributed by atoms with Gasteiger partial charge in [0.2, 0.25) is 5.95 Å². The van der Waals surface area contributed by atoms with Crippen molar-refractivity contribution >= 4 is 17.3 Å². The van der Waals surface area contributed by atoms with E-state index in [0.717, 1.165) is 61.5 Å². The maximum absolute atomic E-state index is 13.1. The third-order valence-electron chi connectivity index (χ3n) is 7.85. The minimum absolute atomic E-state index is 0.221. The van der Waals surface area contributed by atoms with Crippen LogP contribution in [0.2, 0.25) is 0 Å². The number of pyridine rings is 1. The molecular weight excluding hydrogens is 537 g/mol. The molecule has 0 spiro atoms. The summed E-state index contributed by atoms with van der Waals surface area (Å²) in [6.07, 6.45) is 3.03. The zero-order valence-electron chi connectivity index (χ0n) is 24.3. The first-order chi connectivity index (χ1) is 20.2. The molecule has 0 N–H and O–H groups in total. The molecule has 0 bridgehead atoms. The highest BCUT2D eigenvalue weighted by molar-refractivity contribution is 5.63. The van der Waals surface area contributed by atoms with Crippen LogP contribution in [0.5, 0.6) is 0 Å². The minimum Gasteiger partial charge on any atom is -0.345 e. The highest BCUT2D eigenvalue weighted by atomic mass is 19.4. The van der Waals surface area contributed by atoms with Crippen LogP contribution in [0.1, 0.15) is 37.8 Å². The van der Waals surface area contributed by atoms with Crippen molar-refractivity contribution in [1.82, 2.24) is 19.9 Å². The van der Waals surface area contributed by atoms with Crippen molar-refractivity contribution in [2.45, 2.75) is 45.5 Å². The average molecular weight is 575 g/mol. The van der Waals surface area contributed by atoms with E-state index in [1.54, 1.807) is 24.7 Å². The topological polar surface area (TPSA) is 48.4 Å². The molecule has 5 rings (SSSR count). The lowest BCUT2D eigenvalue weighted by atomic mass is 10.1. The summed E-state index contributed by atoms with van der Waals surface area (Å²) in [6, 6.07) is 19.5. The maximum Gasteiger partial charge on any atom is 0.416 e. The lowest BCUT2D eigenvalue weighted by molar-refractivity contribution is -0.137. The van der Waals surface area contributed by atoms with E-state index < -0.39 is 11.7 Å². The van der Waals surface area contributed by atoms with Crippen LogP contribution in [0.4, 0.5) is 30.5 Å². The van der Waals surface area contributed by atoms with Crippen LogP contribution in [0.25, 0.3) is 11.3 Å². The number of halogens is 3. The minimum atomic E-state index is -4.38. The molecule has 0 aliphatic carbocycles. The summed E-state index contributed by atoms with van der Waals surface area (Å²) in [5, 5.41) is 0. The molecule has 3 heterocycles. The second-order valence-corrected chi connectivity index (χ2v) is 11.3. The van der Waals surface area contributed by atoms with Crippen LogP contribution in [0.15, 0.2) is 85.3 Å². The van der Waals surface area contributed by atoms with Crippen LogP contribution in [-0.4, -0.2) is 52.6 Å².